The number of carbonyl (C=O) groups is 2. The molecule has 1 amide bonds. The Morgan fingerprint density at radius 2 is 1.67 bits per heavy atom. The first kappa shape index (κ1) is 20.7. The van der Waals surface area contributed by atoms with Crippen LogP contribution in [0.15, 0.2) is 91.1 Å². The third-order valence-electron chi connectivity index (χ3n) is 5.81. The van der Waals surface area contributed by atoms with Crippen LogP contribution >= 0.6 is 0 Å². The molecule has 4 aromatic rings. The van der Waals surface area contributed by atoms with E-state index in [9.17, 15) is 9.59 Å². The zero-order valence-electron chi connectivity index (χ0n) is 18.2. The molecule has 2 heterocycles. The average molecular weight is 437 g/mol. The van der Waals surface area contributed by atoms with Gasteiger partial charge in [-0.1, -0.05) is 66.7 Å². The van der Waals surface area contributed by atoms with E-state index in [1.165, 1.54) is 0 Å². The molecule has 6 nitrogen and oxygen atoms in total. The summed E-state index contributed by atoms with van der Waals surface area (Å²) in [4.78, 5) is 27.2. The molecule has 0 fully saturated rings. The van der Waals surface area contributed by atoms with E-state index in [-0.39, 0.29) is 5.91 Å². The maximum absolute atomic E-state index is 13.2. The maximum Gasteiger partial charge on any atom is 0.339 e. The lowest BCUT2D eigenvalue weighted by atomic mass is 9.98. The highest BCUT2D eigenvalue weighted by Crippen LogP contribution is 2.26. The summed E-state index contributed by atoms with van der Waals surface area (Å²) in [7, 11) is 1.73. The highest BCUT2D eigenvalue weighted by atomic mass is 16.5. The van der Waals surface area contributed by atoms with E-state index in [2.05, 4.69) is 0 Å². The maximum atomic E-state index is 13.2. The van der Waals surface area contributed by atoms with Gasteiger partial charge in [0.25, 0.3) is 5.91 Å². The summed E-state index contributed by atoms with van der Waals surface area (Å²) in [6, 6.07) is 27.0. The molecule has 0 N–H and O–H groups in total. The van der Waals surface area contributed by atoms with Gasteiger partial charge in [-0.2, -0.15) is 5.10 Å². The quantitative estimate of drug-likeness (QED) is 0.437. The van der Waals surface area contributed by atoms with Gasteiger partial charge in [-0.25, -0.2) is 9.48 Å². The second kappa shape index (κ2) is 8.74. The number of nitrogens with zero attached hydrogens (tertiary/aromatic N) is 3. The zero-order chi connectivity index (χ0) is 22.8. The predicted octanol–water partition coefficient (Wildman–Crippen LogP) is 4.28. The summed E-state index contributed by atoms with van der Waals surface area (Å²) in [5.41, 5.74) is 4.99. The molecule has 0 saturated carbocycles. The summed E-state index contributed by atoms with van der Waals surface area (Å²) in [6.07, 6.45) is 1.49. The molecule has 164 valence electrons. The standard InChI is InChI=1S/C27H23N3O3/c1-29(26(31)24-16-20-12-8-9-15-23(20)27(32)33-24)17-21-18-30(22-13-6-3-7-14-22)28-25(21)19-10-4-2-5-11-19/h2-15,18,24H,16-17H2,1H3/t24-/m1/s1. The lowest BCUT2D eigenvalue weighted by Gasteiger charge is -2.27. The van der Waals surface area contributed by atoms with Crippen LogP contribution in [-0.4, -0.2) is 39.7 Å². The average Bonchev–Trinajstić information content (AvgIpc) is 3.28. The van der Waals surface area contributed by atoms with E-state index >= 15 is 0 Å². The Balaban J connectivity index is 1.42. The van der Waals surface area contributed by atoms with Gasteiger partial charge in [0.2, 0.25) is 0 Å². The van der Waals surface area contributed by atoms with Gasteiger partial charge < -0.3 is 9.64 Å². The van der Waals surface area contributed by atoms with Crippen LogP contribution in [0.2, 0.25) is 0 Å². The molecular formula is C27H23N3O3. The van der Waals surface area contributed by atoms with Crippen molar-refractivity contribution in [3.05, 3.63) is 108 Å². The fourth-order valence-corrected chi connectivity index (χ4v) is 4.13. The van der Waals surface area contributed by atoms with Crippen molar-refractivity contribution < 1.29 is 14.3 Å². The van der Waals surface area contributed by atoms with E-state index in [4.69, 9.17) is 9.84 Å². The first-order valence-electron chi connectivity index (χ1n) is 10.8. The fraction of sp³-hybridized carbons (Fsp3) is 0.148. The van der Waals surface area contributed by atoms with Crippen LogP contribution in [-0.2, 0) is 22.5 Å². The van der Waals surface area contributed by atoms with Crippen molar-refractivity contribution >= 4 is 11.9 Å². The fourth-order valence-electron chi connectivity index (χ4n) is 4.13. The van der Waals surface area contributed by atoms with Gasteiger partial charge in [0.1, 0.15) is 0 Å². The molecule has 1 aliphatic rings. The van der Waals surface area contributed by atoms with E-state index in [1.54, 1.807) is 24.1 Å². The number of para-hydroxylation sites is 1. The summed E-state index contributed by atoms with van der Waals surface area (Å²) in [6.45, 7) is 0.339. The van der Waals surface area contributed by atoms with Gasteiger partial charge in [0, 0.05) is 37.3 Å². The Morgan fingerprint density at radius 1 is 1.00 bits per heavy atom. The number of esters is 1. The van der Waals surface area contributed by atoms with Gasteiger partial charge in [-0.3, -0.25) is 4.79 Å². The number of benzene rings is 3. The Hall–Kier alpha value is -4.19. The van der Waals surface area contributed by atoms with Gasteiger partial charge in [-0.15, -0.1) is 0 Å². The Bertz CT molecular complexity index is 1300. The van der Waals surface area contributed by atoms with Gasteiger partial charge in [0.15, 0.2) is 6.10 Å². The number of aromatic nitrogens is 2. The molecule has 0 aliphatic carbocycles. The second-order valence-corrected chi connectivity index (χ2v) is 8.10. The van der Waals surface area contributed by atoms with E-state index in [0.29, 0.717) is 18.5 Å². The normalized spacial score (nSPS) is 14.9. The molecule has 6 heteroatoms. The molecule has 0 radical (unpaired) electrons. The van der Waals surface area contributed by atoms with Crippen LogP contribution < -0.4 is 0 Å². The van der Waals surface area contributed by atoms with E-state index in [1.807, 2.05) is 83.7 Å². The van der Waals surface area contributed by atoms with Crippen molar-refractivity contribution in [2.75, 3.05) is 7.05 Å². The van der Waals surface area contributed by atoms with E-state index in [0.717, 1.165) is 28.1 Å². The third-order valence-corrected chi connectivity index (χ3v) is 5.81. The highest BCUT2D eigenvalue weighted by molar-refractivity contribution is 5.95. The number of fused-ring (bicyclic) bond motifs is 1. The molecule has 3 aromatic carbocycles. The molecule has 0 saturated heterocycles. The summed E-state index contributed by atoms with van der Waals surface area (Å²) in [5, 5.41) is 4.81. The first-order valence-corrected chi connectivity index (χ1v) is 10.8. The van der Waals surface area contributed by atoms with Crippen LogP contribution in [0.25, 0.3) is 16.9 Å². The van der Waals surface area contributed by atoms with Crippen LogP contribution in [0.3, 0.4) is 0 Å². The van der Waals surface area contributed by atoms with Crippen LogP contribution in [0, 0.1) is 0 Å². The largest absolute Gasteiger partial charge is 0.448 e. The number of likely N-dealkylation sites (N-methyl/N-ethyl adjacent to an activating group) is 1. The molecule has 33 heavy (non-hydrogen) atoms. The molecule has 1 atom stereocenters. The Kier molecular flexibility index (Phi) is 5.48. The number of cyclic esters (lactones) is 1. The van der Waals surface area contributed by atoms with Gasteiger partial charge in [0.05, 0.1) is 16.9 Å². The molecule has 1 aliphatic heterocycles. The molecule has 5 rings (SSSR count). The lowest BCUT2D eigenvalue weighted by Crippen LogP contribution is -2.42. The van der Waals surface area contributed by atoms with Crippen LogP contribution in [0.1, 0.15) is 21.5 Å². The SMILES string of the molecule is CN(Cc1cn(-c2ccccc2)nc1-c1ccccc1)C(=O)[C@H]1Cc2ccccc2C(=O)O1. The van der Waals surface area contributed by atoms with E-state index < -0.39 is 12.1 Å². The molecule has 0 spiro atoms. The second-order valence-electron chi connectivity index (χ2n) is 8.10. The van der Waals surface area contributed by atoms with Crippen LogP contribution in [0.4, 0.5) is 0 Å². The lowest BCUT2D eigenvalue weighted by molar-refractivity contribution is -0.140. The zero-order valence-corrected chi connectivity index (χ0v) is 18.2. The number of hydrogen-bond donors (Lipinski definition) is 0. The Labute approximate surface area is 192 Å². The number of hydrogen-bond acceptors (Lipinski definition) is 4. The first-order chi connectivity index (χ1) is 16.1. The summed E-state index contributed by atoms with van der Waals surface area (Å²) < 4.78 is 7.30. The monoisotopic (exact) mass is 437 g/mol. The third kappa shape index (κ3) is 4.15. The molecule has 0 unspecified atom stereocenters. The minimum absolute atomic E-state index is 0.232. The van der Waals surface area contributed by atoms with Crippen molar-refractivity contribution in [1.82, 2.24) is 14.7 Å². The van der Waals surface area contributed by atoms with Gasteiger partial charge >= 0.3 is 5.97 Å². The molecule has 0 bridgehead atoms. The topological polar surface area (TPSA) is 64.4 Å². The molecular weight excluding hydrogens is 414 g/mol. The van der Waals surface area contributed by atoms with Crippen LogP contribution in [0.5, 0.6) is 0 Å². The summed E-state index contributed by atoms with van der Waals surface area (Å²) >= 11 is 0. The number of ether oxygens (including phenoxy) is 1. The highest BCUT2D eigenvalue weighted by Gasteiger charge is 2.33. The molecule has 1 aromatic heterocycles. The minimum atomic E-state index is -0.832. The Morgan fingerprint density at radius 3 is 2.42 bits per heavy atom. The summed E-state index contributed by atoms with van der Waals surface area (Å²) in [5.74, 6) is -0.685. The number of carbonyl (C=O) groups excluding carboxylic acids is 2. The van der Waals surface area contributed by atoms with Crippen molar-refractivity contribution in [2.45, 2.75) is 19.1 Å². The van der Waals surface area contributed by atoms with Crippen molar-refractivity contribution in [3.8, 4) is 16.9 Å². The minimum Gasteiger partial charge on any atom is -0.448 e. The predicted molar refractivity (Wildman–Crippen MR) is 125 cm³/mol. The smallest absolute Gasteiger partial charge is 0.339 e. The number of amides is 1. The van der Waals surface area contributed by atoms with Gasteiger partial charge in [-0.05, 0) is 23.8 Å². The van der Waals surface area contributed by atoms with Crippen molar-refractivity contribution in [3.63, 3.8) is 0 Å². The van der Waals surface area contributed by atoms with Crippen molar-refractivity contribution in [1.29, 1.82) is 0 Å². The van der Waals surface area contributed by atoms with Crippen molar-refractivity contribution in [2.24, 2.45) is 0 Å². The number of rotatable bonds is 5.